The maximum atomic E-state index is 9.34. The molecule has 1 aliphatic rings. The van der Waals surface area contributed by atoms with E-state index in [9.17, 15) is 5.11 Å². The lowest BCUT2D eigenvalue weighted by Gasteiger charge is -2.40. The van der Waals surface area contributed by atoms with Crippen LogP contribution in [0.3, 0.4) is 0 Å². The van der Waals surface area contributed by atoms with Gasteiger partial charge in [-0.1, -0.05) is 12.1 Å². The fourth-order valence-corrected chi connectivity index (χ4v) is 2.25. The molecule has 1 heterocycles. The highest BCUT2D eigenvalue weighted by Crippen LogP contribution is 2.26. The maximum absolute atomic E-state index is 9.34. The predicted octanol–water partition coefficient (Wildman–Crippen LogP) is 1.49. The molecule has 1 aromatic carbocycles. The standard InChI is InChI=1S/C15H23NO3/c1-3-19-14-5-4-13(6-12(14)2)7-16-8-15(9-17)10-18-11-15/h4-6,16-17H,3,7-11H2,1-2H3. The second-order valence-corrected chi connectivity index (χ2v) is 5.29. The molecule has 0 aliphatic carbocycles. The molecule has 0 spiro atoms. The number of aliphatic hydroxyl groups excluding tert-OH is 1. The molecule has 4 nitrogen and oxygen atoms in total. The highest BCUT2D eigenvalue weighted by Gasteiger charge is 2.37. The van der Waals surface area contributed by atoms with Crippen LogP contribution in [0.1, 0.15) is 18.1 Å². The summed E-state index contributed by atoms with van der Waals surface area (Å²) in [6, 6.07) is 6.24. The SMILES string of the molecule is CCOc1ccc(CNCC2(CO)COC2)cc1C. The van der Waals surface area contributed by atoms with Crippen molar-refractivity contribution in [1.82, 2.24) is 5.32 Å². The second kappa shape index (κ2) is 6.37. The summed E-state index contributed by atoms with van der Waals surface area (Å²) in [6.45, 7) is 7.82. The summed E-state index contributed by atoms with van der Waals surface area (Å²) in [5, 5.41) is 12.7. The zero-order valence-corrected chi connectivity index (χ0v) is 11.7. The monoisotopic (exact) mass is 265 g/mol. The van der Waals surface area contributed by atoms with Crippen molar-refractivity contribution in [3.63, 3.8) is 0 Å². The van der Waals surface area contributed by atoms with Crippen LogP contribution in [0, 0.1) is 12.3 Å². The van der Waals surface area contributed by atoms with Gasteiger partial charge >= 0.3 is 0 Å². The third kappa shape index (κ3) is 3.47. The first-order chi connectivity index (χ1) is 9.19. The molecule has 0 atom stereocenters. The van der Waals surface area contributed by atoms with Crippen LogP contribution >= 0.6 is 0 Å². The highest BCUT2D eigenvalue weighted by molar-refractivity contribution is 5.36. The Morgan fingerprint density at radius 1 is 1.42 bits per heavy atom. The van der Waals surface area contributed by atoms with Crippen LogP contribution in [-0.2, 0) is 11.3 Å². The Morgan fingerprint density at radius 3 is 2.74 bits per heavy atom. The maximum Gasteiger partial charge on any atom is 0.122 e. The van der Waals surface area contributed by atoms with E-state index >= 15 is 0 Å². The van der Waals surface area contributed by atoms with Crippen molar-refractivity contribution in [2.75, 3.05) is 33.0 Å². The zero-order chi connectivity index (χ0) is 13.7. The summed E-state index contributed by atoms with van der Waals surface area (Å²) in [7, 11) is 0. The number of hydrogen-bond donors (Lipinski definition) is 2. The highest BCUT2D eigenvalue weighted by atomic mass is 16.5. The van der Waals surface area contributed by atoms with Crippen molar-refractivity contribution >= 4 is 0 Å². The summed E-state index contributed by atoms with van der Waals surface area (Å²) >= 11 is 0. The fraction of sp³-hybridized carbons (Fsp3) is 0.600. The topological polar surface area (TPSA) is 50.7 Å². The third-order valence-electron chi connectivity index (χ3n) is 3.52. The number of hydrogen-bond acceptors (Lipinski definition) is 4. The van der Waals surface area contributed by atoms with E-state index in [4.69, 9.17) is 9.47 Å². The molecule has 2 rings (SSSR count). The Balaban J connectivity index is 1.84. The van der Waals surface area contributed by atoms with E-state index in [0.29, 0.717) is 19.8 Å². The predicted molar refractivity (Wildman–Crippen MR) is 74.4 cm³/mol. The molecule has 1 aromatic rings. The Bertz CT molecular complexity index is 410. The van der Waals surface area contributed by atoms with Crippen molar-refractivity contribution in [1.29, 1.82) is 0 Å². The van der Waals surface area contributed by atoms with Crippen molar-refractivity contribution in [3.8, 4) is 5.75 Å². The van der Waals surface area contributed by atoms with Crippen LogP contribution in [0.2, 0.25) is 0 Å². The molecule has 19 heavy (non-hydrogen) atoms. The summed E-state index contributed by atoms with van der Waals surface area (Å²) in [5.74, 6) is 0.950. The molecule has 0 bridgehead atoms. The van der Waals surface area contributed by atoms with Crippen LogP contribution in [0.25, 0.3) is 0 Å². The average molecular weight is 265 g/mol. The Hall–Kier alpha value is -1.10. The molecule has 0 unspecified atom stereocenters. The first-order valence-electron chi connectivity index (χ1n) is 6.81. The number of nitrogens with one attached hydrogen (secondary N) is 1. The van der Waals surface area contributed by atoms with Crippen molar-refractivity contribution in [2.45, 2.75) is 20.4 Å². The van der Waals surface area contributed by atoms with Gasteiger partial charge in [0, 0.05) is 13.1 Å². The van der Waals surface area contributed by atoms with Gasteiger partial charge in [-0.3, -0.25) is 0 Å². The zero-order valence-electron chi connectivity index (χ0n) is 11.7. The van der Waals surface area contributed by atoms with Crippen LogP contribution in [-0.4, -0.2) is 38.1 Å². The van der Waals surface area contributed by atoms with Crippen molar-refractivity contribution in [3.05, 3.63) is 29.3 Å². The lowest BCUT2D eigenvalue weighted by Crippen LogP contribution is -2.52. The van der Waals surface area contributed by atoms with Gasteiger partial charge in [-0.2, -0.15) is 0 Å². The number of benzene rings is 1. The number of rotatable bonds is 7. The van der Waals surface area contributed by atoms with E-state index in [2.05, 4.69) is 24.4 Å². The molecule has 0 saturated carbocycles. The quantitative estimate of drug-likeness (QED) is 0.784. The van der Waals surface area contributed by atoms with E-state index in [1.807, 2.05) is 13.0 Å². The molecular weight excluding hydrogens is 242 g/mol. The van der Waals surface area contributed by atoms with E-state index in [0.717, 1.165) is 24.4 Å². The fourth-order valence-electron chi connectivity index (χ4n) is 2.25. The molecule has 106 valence electrons. The molecule has 0 radical (unpaired) electrons. The molecule has 0 amide bonds. The van der Waals surface area contributed by atoms with Gasteiger partial charge < -0.3 is 19.9 Å². The Kier molecular flexibility index (Phi) is 4.80. The normalized spacial score (nSPS) is 17.0. The second-order valence-electron chi connectivity index (χ2n) is 5.29. The Morgan fingerprint density at radius 2 is 2.21 bits per heavy atom. The van der Waals surface area contributed by atoms with Crippen LogP contribution in [0.4, 0.5) is 0 Å². The Labute approximate surface area is 114 Å². The van der Waals surface area contributed by atoms with E-state index < -0.39 is 0 Å². The summed E-state index contributed by atoms with van der Waals surface area (Å²) in [4.78, 5) is 0. The molecule has 4 heteroatoms. The third-order valence-corrected chi connectivity index (χ3v) is 3.52. The van der Waals surface area contributed by atoms with Gasteiger partial charge in [0.05, 0.1) is 31.8 Å². The number of aliphatic hydroxyl groups is 1. The molecule has 1 aliphatic heterocycles. The minimum atomic E-state index is -0.0691. The number of ether oxygens (including phenoxy) is 2. The van der Waals surface area contributed by atoms with Crippen LogP contribution < -0.4 is 10.1 Å². The molecule has 0 aromatic heterocycles. The van der Waals surface area contributed by atoms with Crippen LogP contribution in [0.5, 0.6) is 5.75 Å². The van der Waals surface area contributed by atoms with E-state index in [1.165, 1.54) is 5.56 Å². The average Bonchev–Trinajstić information content (AvgIpc) is 2.36. The molecule has 2 N–H and O–H groups in total. The van der Waals surface area contributed by atoms with Crippen LogP contribution in [0.15, 0.2) is 18.2 Å². The number of aryl methyl sites for hydroxylation is 1. The molecule has 1 saturated heterocycles. The van der Waals surface area contributed by atoms with Crippen molar-refractivity contribution in [2.24, 2.45) is 5.41 Å². The van der Waals surface area contributed by atoms with Crippen molar-refractivity contribution < 1.29 is 14.6 Å². The smallest absolute Gasteiger partial charge is 0.122 e. The molecular formula is C15H23NO3. The largest absolute Gasteiger partial charge is 0.494 e. The lowest BCUT2D eigenvalue weighted by atomic mass is 9.87. The minimum Gasteiger partial charge on any atom is -0.494 e. The lowest BCUT2D eigenvalue weighted by molar-refractivity contribution is -0.134. The van der Waals surface area contributed by atoms with E-state index in [-0.39, 0.29) is 12.0 Å². The summed E-state index contributed by atoms with van der Waals surface area (Å²) in [6.07, 6.45) is 0. The van der Waals surface area contributed by atoms with Gasteiger partial charge in [-0.05, 0) is 31.0 Å². The summed E-state index contributed by atoms with van der Waals surface area (Å²) in [5.41, 5.74) is 2.32. The van der Waals surface area contributed by atoms with E-state index in [1.54, 1.807) is 0 Å². The van der Waals surface area contributed by atoms with Gasteiger partial charge in [0.1, 0.15) is 5.75 Å². The van der Waals surface area contributed by atoms with Gasteiger partial charge in [0.15, 0.2) is 0 Å². The van der Waals surface area contributed by atoms with Gasteiger partial charge in [-0.15, -0.1) is 0 Å². The minimum absolute atomic E-state index is 0.0691. The molecule has 1 fully saturated rings. The first kappa shape index (κ1) is 14.3. The van der Waals surface area contributed by atoms with Gasteiger partial charge in [0.25, 0.3) is 0 Å². The summed E-state index contributed by atoms with van der Waals surface area (Å²) < 4.78 is 10.7. The van der Waals surface area contributed by atoms with Gasteiger partial charge in [-0.25, -0.2) is 0 Å². The van der Waals surface area contributed by atoms with Gasteiger partial charge in [0.2, 0.25) is 0 Å². The first-order valence-corrected chi connectivity index (χ1v) is 6.81.